The van der Waals surface area contributed by atoms with Gasteiger partial charge in [-0.2, -0.15) is 5.10 Å². The van der Waals surface area contributed by atoms with Gasteiger partial charge in [0.15, 0.2) is 11.5 Å². The lowest BCUT2D eigenvalue weighted by molar-refractivity contribution is -0.116. The molecule has 0 aliphatic carbocycles. The molecule has 0 spiro atoms. The van der Waals surface area contributed by atoms with Crippen LogP contribution in [0.3, 0.4) is 0 Å². The molecule has 0 radical (unpaired) electrons. The molecule has 0 unspecified atom stereocenters. The summed E-state index contributed by atoms with van der Waals surface area (Å²) in [6.07, 6.45) is 1.96. The molecule has 0 saturated heterocycles. The van der Waals surface area contributed by atoms with E-state index in [1.54, 1.807) is 0 Å². The van der Waals surface area contributed by atoms with Gasteiger partial charge < -0.3 is 14.8 Å². The zero-order chi connectivity index (χ0) is 17.1. The Morgan fingerprint density at radius 1 is 1.25 bits per heavy atom. The van der Waals surface area contributed by atoms with Crippen molar-refractivity contribution in [2.24, 2.45) is 7.05 Å². The summed E-state index contributed by atoms with van der Waals surface area (Å²) < 4.78 is 13.1. The van der Waals surface area contributed by atoms with E-state index in [4.69, 9.17) is 9.47 Å². The van der Waals surface area contributed by atoms with Crippen molar-refractivity contribution in [3.05, 3.63) is 35.2 Å². The van der Waals surface area contributed by atoms with Crippen molar-refractivity contribution >= 4 is 11.6 Å². The molecule has 1 aromatic carbocycles. The van der Waals surface area contributed by atoms with Crippen molar-refractivity contribution in [3.63, 3.8) is 0 Å². The molecule has 2 aromatic rings. The van der Waals surface area contributed by atoms with Crippen LogP contribution in [0.2, 0.25) is 0 Å². The quantitative estimate of drug-likeness (QED) is 0.937. The monoisotopic (exact) mass is 329 g/mol. The van der Waals surface area contributed by atoms with Crippen LogP contribution in [0, 0.1) is 13.8 Å². The lowest BCUT2D eigenvalue weighted by atomic mass is 10.1. The third-order valence-electron chi connectivity index (χ3n) is 4.29. The summed E-state index contributed by atoms with van der Waals surface area (Å²) in [5, 5.41) is 7.31. The topological polar surface area (TPSA) is 65.4 Å². The minimum atomic E-state index is -0.0212. The number of nitrogens with zero attached hydrogens (tertiary/aromatic N) is 2. The number of nitrogens with one attached hydrogen (secondary N) is 1. The number of hydrogen-bond donors (Lipinski definition) is 1. The standard InChI is InChI=1S/C18H23N3O3/c1-12-15(13(2)21(3)20-12)6-8-18(22)19-14-5-7-16-17(11-14)24-10-4-9-23-16/h5,7,11H,4,6,8-10H2,1-3H3,(H,19,22). The summed E-state index contributed by atoms with van der Waals surface area (Å²) >= 11 is 0. The fourth-order valence-corrected chi connectivity index (χ4v) is 2.88. The molecule has 6 heteroatoms. The number of aromatic nitrogens is 2. The molecule has 1 aromatic heterocycles. The number of carbonyl (C=O) groups is 1. The SMILES string of the molecule is Cc1nn(C)c(C)c1CCC(=O)Nc1ccc2c(c1)OCCCO2. The molecule has 0 atom stereocenters. The average molecular weight is 329 g/mol. The zero-order valence-electron chi connectivity index (χ0n) is 14.4. The van der Waals surface area contributed by atoms with Crippen molar-refractivity contribution in [2.75, 3.05) is 18.5 Å². The van der Waals surface area contributed by atoms with Gasteiger partial charge in [-0.05, 0) is 38.0 Å². The summed E-state index contributed by atoms with van der Waals surface area (Å²) in [5.74, 6) is 1.39. The van der Waals surface area contributed by atoms with Gasteiger partial charge in [0.25, 0.3) is 0 Å². The Hall–Kier alpha value is -2.50. The van der Waals surface area contributed by atoms with E-state index in [0.717, 1.165) is 34.8 Å². The van der Waals surface area contributed by atoms with Gasteiger partial charge in [0.1, 0.15) is 0 Å². The molecule has 6 nitrogen and oxygen atoms in total. The van der Waals surface area contributed by atoms with E-state index in [2.05, 4.69) is 10.4 Å². The van der Waals surface area contributed by atoms with E-state index >= 15 is 0 Å². The first-order valence-electron chi connectivity index (χ1n) is 8.23. The van der Waals surface area contributed by atoms with Crippen LogP contribution in [0.25, 0.3) is 0 Å². The fraction of sp³-hybridized carbons (Fsp3) is 0.444. The summed E-state index contributed by atoms with van der Waals surface area (Å²) in [6, 6.07) is 5.50. The Bertz CT molecular complexity index is 752. The van der Waals surface area contributed by atoms with Crippen molar-refractivity contribution in [2.45, 2.75) is 33.1 Å². The molecular formula is C18H23N3O3. The van der Waals surface area contributed by atoms with E-state index in [9.17, 15) is 4.79 Å². The lowest BCUT2D eigenvalue weighted by Crippen LogP contribution is -2.13. The number of carbonyl (C=O) groups excluding carboxylic acids is 1. The highest BCUT2D eigenvalue weighted by Gasteiger charge is 2.14. The van der Waals surface area contributed by atoms with Crippen LogP contribution in [0.5, 0.6) is 11.5 Å². The van der Waals surface area contributed by atoms with Crippen molar-refractivity contribution < 1.29 is 14.3 Å². The van der Waals surface area contributed by atoms with E-state index in [0.29, 0.717) is 31.8 Å². The highest BCUT2D eigenvalue weighted by Crippen LogP contribution is 2.32. The number of rotatable bonds is 4. The molecule has 1 aliphatic heterocycles. The largest absolute Gasteiger partial charge is 0.490 e. The highest BCUT2D eigenvalue weighted by molar-refractivity contribution is 5.91. The van der Waals surface area contributed by atoms with Gasteiger partial charge in [-0.1, -0.05) is 0 Å². The third-order valence-corrected chi connectivity index (χ3v) is 4.29. The van der Waals surface area contributed by atoms with Gasteiger partial charge in [0.05, 0.1) is 18.9 Å². The molecule has 3 rings (SSSR count). The van der Waals surface area contributed by atoms with Gasteiger partial charge in [-0.3, -0.25) is 9.48 Å². The van der Waals surface area contributed by atoms with Crippen molar-refractivity contribution in [1.29, 1.82) is 0 Å². The molecule has 1 amide bonds. The summed E-state index contributed by atoms with van der Waals surface area (Å²) in [7, 11) is 1.92. The molecule has 1 N–H and O–H groups in total. The summed E-state index contributed by atoms with van der Waals surface area (Å²) in [4.78, 5) is 12.2. The normalized spacial score (nSPS) is 13.5. The van der Waals surface area contributed by atoms with Crippen LogP contribution in [0.15, 0.2) is 18.2 Å². The first-order valence-corrected chi connectivity index (χ1v) is 8.23. The van der Waals surface area contributed by atoms with Crippen LogP contribution < -0.4 is 14.8 Å². The molecule has 1 aliphatic rings. The number of fused-ring (bicyclic) bond motifs is 1. The van der Waals surface area contributed by atoms with Gasteiger partial charge in [-0.25, -0.2) is 0 Å². The molecule has 128 valence electrons. The van der Waals surface area contributed by atoms with Crippen LogP contribution in [-0.4, -0.2) is 28.9 Å². The number of amides is 1. The minimum Gasteiger partial charge on any atom is -0.490 e. The molecular weight excluding hydrogens is 306 g/mol. The molecule has 2 heterocycles. The zero-order valence-corrected chi connectivity index (χ0v) is 14.4. The Kier molecular flexibility index (Phi) is 4.74. The van der Waals surface area contributed by atoms with Gasteiger partial charge in [0, 0.05) is 37.3 Å². The molecule has 0 bridgehead atoms. The smallest absolute Gasteiger partial charge is 0.224 e. The summed E-state index contributed by atoms with van der Waals surface area (Å²) in [6.45, 7) is 5.29. The number of anilines is 1. The van der Waals surface area contributed by atoms with E-state index in [1.165, 1.54) is 0 Å². The van der Waals surface area contributed by atoms with Gasteiger partial charge >= 0.3 is 0 Å². The van der Waals surface area contributed by atoms with Crippen LogP contribution in [-0.2, 0) is 18.3 Å². The fourth-order valence-electron chi connectivity index (χ4n) is 2.88. The van der Waals surface area contributed by atoms with Crippen molar-refractivity contribution in [1.82, 2.24) is 9.78 Å². The maximum Gasteiger partial charge on any atom is 0.224 e. The number of hydrogen-bond acceptors (Lipinski definition) is 4. The maximum atomic E-state index is 12.2. The van der Waals surface area contributed by atoms with Gasteiger partial charge in [0.2, 0.25) is 5.91 Å². The predicted octanol–water partition coefficient (Wildman–Crippen LogP) is 2.77. The average Bonchev–Trinajstić information content (AvgIpc) is 2.72. The van der Waals surface area contributed by atoms with Crippen molar-refractivity contribution in [3.8, 4) is 11.5 Å². The number of aryl methyl sites for hydroxylation is 2. The van der Waals surface area contributed by atoms with E-state index in [1.807, 2.05) is 43.8 Å². The third kappa shape index (κ3) is 3.53. The highest BCUT2D eigenvalue weighted by atomic mass is 16.5. The first-order chi connectivity index (χ1) is 11.5. The Balaban J connectivity index is 1.62. The van der Waals surface area contributed by atoms with Crippen LogP contribution in [0.4, 0.5) is 5.69 Å². The second-order valence-corrected chi connectivity index (χ2v) is 6.03. The Labute approximate surface area is 141 Å². The minimum absolute atomic E-state index is 0.0212. The molecule has 0 saturated carbocycles. The number of ether oxygens (including phenoxy) is 2. The van der Waals surface area contributed by atoms with Gasteiger partial charge in [-0.15, -0.1) is 0 Å². The summed E-state index contributed by atoms with van der Waals surface area (Å²) in [5.41, 5.74) is 3.96. The van der Waals surface area contributed by atoms with E-state index in [-0.39, 0.29) is 5.91 Å². The van der Waals surface area contributed by atoms with Crippen LogP contribution in [0.1, 0.15) is 29.8 Å². The Morgan fingerprint density at radius 3 is 2.71 bits per heavy atom. The maximum absolute atomic E-state index is 12.2. The number of benzene rings is 1. The van der Waals surface area contributed by atoms with E-state index < -0.39 is 0 Å². The molecule has 24 heavy (non-hydrogen) atoms. The second-order valence-electron chi connectivity index (χ2n) is 6.03. The first kappa shape index (κ1) is 16.4. The lowest BCUT2D eigenvalue weighted by Gasteiger charge is -2.10. The van der Waals surface area contributed by atoms with Crippen LogP contribution >= 0.6 is 0 Å². The Morgan fingerprint density at radius 2 is 2.00 bits per heavy atom. The predicted molar refractivity (Wildman–Crippen MR) is 91.7 cm³/mol. The molecule has 0 fully saturated rings. The second kappa shape index (κ2) is 6.95.